The molecule has 1 heterocycles. The first kappa shape index (κ1) is 28.4. The van der Waals surface area contributed by atoms with Crippen LogP contribution in [0.3, 0.4) is 0 Å². The van der Waals surface area contributed by atoms with Crippen LogP contribution in [0.15, 0.2) is 179 Å². The van der Waals surface area contributed by atoms with Gasteiger partial charge in [-0.3, -0.25) is 4.99 Å². The van der Waals surface area contributed by atoms with Gasteiger partial charge in [-0.2, -0.15) is 0 Å². The summed E-state index contributed by atoms with van der Waals surface area (Å²) in [6, 6.07) is 47.5. The van der Waals surface area contributed by atoms with Gasteiger partial charge in [0.15, 0.2) is 11.7 Å². The fraction of sp³-hybridized carbons (Fsp3) is 0.0500. The molecule has 0 radical (unpaired) electrons. The topological polar surface area (TPSA) is 60.9 Å². The van der Waals surface area contributed by atoms with Crippen molar-refractivity contribution in [1.29, 1.82) is 5.41 Å². The fourth-order valence-electron chi connectivity index (χ4n) is 5.45. The molecule has 1 aliphatic rings. The van der Waals surface area contributed by atoms with E-state index in [1.807, 2.05) is 60.7 Å². The van der Waals surface area contributed by atoms with Crippen molar-refractivity contribution in [2.24, 2.45) is 15.0 Å². The van der Waals surface area contributed by atoms with Crippen molar-refractivity contribution < 1.29 is 0 Å². The number of aliphatic imine (C=N–C) groups is 3. The average Bonchev–Trinajstić information content (AvgIpc) is 3.33. The smallest absolute Gasteiger partial charge is 0.161 e. The van der Waals surface area contributed by atoms with Crippen LogP contribution < -0.4 is 0 Å². The Kier molecular flexibility index (Phi) is 8.70. The van der Waals surface area contributed by atoms with Gasteiger partial charge in [0.25, 0.3) is 0 Å². The summed E-state index contributed by atoms with van der Waals surface area (Å²) < 4.78 is 0. The van der Waals surface area contributed by atoms with E-state index in [9.17, 15) is 0 Å². The maximum atomic E-state index is 7.48. The highest BCUT2D eigenvalue weighted by Gasteiger charge is 2.20. The van der Waals surface area contributed by atoms with Crippen molar-refractivity contribution in [3.63, 3.8) is 0 Å². The van der Waals surface area contributed by atoms with Crippen LogP contribution in [0, 0.1) is 5.41 Å². The van der Waals surface area contributed by atoms with Gasteiger partial charge in [0.1, 0.15) is 0 Å². The van der Waals surface area contributed by atoms with Crippen LogP contribution in [0.1, 0.15) is 33.7 Å². The highest BCUT2D eigenvalue weighted by atomic mass is 15.0. The van der Waals surface area contributed by atoms with Crippen molar-refractivity contribution >= 4 is 23.6 Å². The molecule has 0 spiro atoms. The standard InChI is InChI=1S/C40H32N4/c1-29(14-13-27-41)38(32-17-7-3-8-18-32)36-22-12-11-21-35(36)30-23-25-34(26-24-30)39-42-28-37(31-15-5-2-6-16-31)43-40(44-39)33-19-9-4-10-20-33/h2-27,38,41H,1,28H2/b14-13-,41-27?. The summed E-state index contributed by atoms with van der Waals surface area (Å²) in [7, 11) is 0. The molecule has 0 amide bonds. The molecule has 6 rings (SSSR count). The van der Waals surface area contributed by atoms with Crippen LogP contribution in [-0.4, -0.2) is 30.1 Å². The van der Waals surface area contributed by atoms with Crippen molar-refractivity contribution in [3.8, 4) is 11.1 Å². The molecule has 4 nitrogen and oxygen atoms in total. The normalized spacial score (nSPS) is 13.8. The Bertz CT molecular complexity index is 1880. The molecule has 1 unspecified atom stereocenters. The number of nitrogens with zero attached hydrogens (tertiary/aromatic N) is 3. The van der Waals surface area contributed by atoms with Gasteiger partial charge >= 0.3 is 0 Å². The quantitative estimate of drug-likeness (QED) is 0.136. The van der Waals surface area contributed by atoms with E-state index in [0.717, 1.165) is 50.2 Å². The third kappa shape index (κ3) is 6.35. The highest BCUT2D eigenvalue weighted by molar-refractivity contribution is 6.20. The van der Waals surface area contributed by atoms with Crippen molar-refractivity contribution in [2.75, 3.05) is 6.54 Å². The van der Waals surface area contributed by atoms with Gasteiger partial charge in [-0.25, -0.2) is 9.98 Å². The molecule has 1 atom stereocenters. The van der Waals surface area contributed by atoms with Gasteiger partial charge in [-0.15, -0.1) is 0 Å². The number of hydrogen-bond acceptors (Lipinski definition) is 4. The predicted octanol–water partition coefficient (Wildman–Crippen LogP) is 8.94. The SMILES string of the molecule is C=C(/C=C\C=N)C(c1ccccc1)c1ccccc1-c1ccc(C2=NCC(c3ccccc3)=NC(c3ccccc3)=N2)cc1. The summed E-state index contributed by atoms with van der Waals surface area (Å²) in [5, 5.41) is 7.48. The molecule has 1 aliphatic heterocycles. The number of benzene rings is 5. The molecule has 0 fully saturated rings. The molecular formula is C40H32N4. The van der Waals surface area contributed by atoms with Crippen LogP contribution in [-0.2, 0) is 0 Å². The first-order chi connectivity index (χ1) is 21.7. The summed E-state index contributed by atoms with van der Waals surface area (Å²) in [6.45, 7) is 4.83. The van der Waals surface area contributed by atoms with Crippen LogP contribution in [0.25, 0.3) is 11.1 Å². The molecule has 0 aromatic heterocycles. The molecule has 1 N–H and O–H groups in total. The maximum absolute atomic E-state index is 7.48. The summed E-state index contributed by atoms with van der Waals surface area (Å²) in [6.07, 6.45) is 4.93. The third-order valence-electron chi connectivity index (χ3n) is 7.61. The highest BCUT2D eigenvalue weighted by Crippen LogP contribution is 2.38. The first-order valence-corrected chi connectivity index (χ1v) is 14.6. The van der Waals surface area contributed by atoms with E-state index in [1.165, 1.54) is 6.21 Å². The Labute approximate surface area is 258 Å². The van der Waals surface area contributed by atoms with Crippen LogP contribution >= 0.6 is 0 Å². The van der Waals surface area contributed by atoms with E-state index >= 15 is 0 Å². The Morgan fingerprint density at radius 3 is 1.86 bits per heavy atom. The Morgan fingerprint density at radius 1 is 0.614 bits per heavy atom. The molecular weight excluding hydrogens is 536 g/mol. The molecule has 44 heavy (non-hydrogen) atoms. The second-order valence-corrected chi connectivity index (χ2v) is 10.5. The van der Waals surface area contributed by atoms with Gasteiger partial charge in [0.2, 0.25) is 0 Å². The number of hydrogen-bond donors (Lipinski definition) is 1. The van der Waals surface area contributed by atoms with Gasteiger partial charge in [0.05, 0.1) is 12.3 Å². The van der Waals surface area contributed by atoms with E-state index in [2.05, 4.69) is 91.5 Å². The van der Waals surface area contributed by atoms with Crippen LogP contribution in [0.2, 0.25) is 0 Å². The van der Waals surface area contributed by atoms with Gasteiger partial charge < -0.3 is 5.41 Å². The van der Waals surface area contributed by atoms with Crippen molar-refractivity contribution in [2.45, 2.75) is 5.92 Å². The number of rotatable bonds is 9. The number of nitrogens with one attached hydrogen (secondary N) is 1. The molecule has 0 saturated heterocycles. The Hall–Kier alpha value is -5.74. The van der Waals surface area contributed by atoms with E-state index < -0.39 is 0 Å². The van der Waals surface area contributed by atoms with E-state index in [4.69, 9.17) is 20.4 Å². The molecule has 212 valence electrons. The zero-order valence-corrected chi connectivity index (χ0v) is 24.3. The predicted molar refractivity (Wildman–Crippen MR) is 185 cm³/mol. The minimum Gasteiger partial charge on any atom is -0.309 e. The molecule has 5 aromatic carbocycles. The maximum Gasteiger partial charge on any atom is 0.161 e. The molecule has 0 saturated carbocycles. The van der Waals surface area contributed by atoms with Crippen molar-refractivity contribution in [3.05, 3.63) is 192 Å². The minimum absolute atomic E-state index is 0.0545. The summed E-state index contributed by atoms with van der Waals surface area (Å²) in [5.41, 5.74) is 9.27. The Morgan fingerprint density at radius 2 is 1.18 bits per heavy atom. The minimum atomic E-state index is -0.0545. The Balaban J connectivity index is 1.37. The third-order valence-corrected chi connectivity index (χ3v) is 7.61. The zero-order valence-electron chi connectivity index (χ0n) is 24.3. The van der Waals surface area contributed by atoms with Crippen LogP contribution in [0.5, 0.6) is 0 Å². The fourth-order valence-corrected chi connectivity index (χ4v) is 5.45. The second-order valence-electron chi connectivity index (χ2n) is 10.5. The monoisotopic (exact) mass is 568 g/mol. The van der Waals surface area contributed by atoms with E-state index in [0.29, 0.717) is 18.2 Å². The lowest BCUT2D eigenvalue weighted by atomic mass is 9.81. The van der Waals surface area contributed by atoms with Crippen LogP contribution in [0.4, 0.5) is 0 Å². The molecule has 5 aromatic rings. The first-order valence-electron chi connectivity index (χ1n) is 14.6. The molecule has 4 heteroatoms. The van der Waals surface area contributed by atoms with E-state index in [-0.39, 0.29) is 5.92 Å². The summed E-state index contributed by atoms with van der Waals surface area (Å²) >= 11 is 0. The lowest BCUT2D eigenvalue weighted by Gasteiger charge is -2.22. The second kappa shape index (κ2) is 13.5. The number of allylic oxidation sites excluding steroid dienone is 3. The zero-order chi connectivity index (χ0) is 30.1. The largest absolute Gasteiger partial charge is 0.309 e. The van der Waals surface area contributed by atoms with E-state index in [1.54, 1.807) is 6.08 Å². The number of amidine groups is 2. The lowest BCUT2D eigenvalue weighted by Crippen LogP contribution is -2.08. The van der Waals surface area contributed by atoms with Gasteiger partial charge in [-0.1, -0.05) is 152 Å². The molecule has 0 bridgehead atoms. The summed E-state index contributed by atoms with van der Waals surface area (Å²) in [5.74, 6) is 1.25. The van der Waals surface area contributed by atoms with Gasteiger partial charge in [-0.05, 0) is 39.5 Å². The van der Waals surface area contributed by atoms with Gasteiger partial charge in [0, 0.05) is 23.3 Å². The lowest BCUT2D eigenvalue weighted by molar-refractivity contribution is 0.985. The molecule has 0 aliphatic carbocycles. The average molecular weight is 569 g/mol. The summed E-state index contributed by atoms with van der Waals surface area (Å²) in [4.78, 5) is 14.9. The van der Waals surface area contributed by atoms with Crippen molar-refractivity contribution in [1.82, 2.24) is 0 Å².